The van der Waals surface area contributed by atoms with Crippen LogP contribution in [0, 0.1) is 12.7 Å². The summed E-state index contributed by atoms with van der Waals surface area (Å²) in [5.41, 5.74) is 0.170. The van der Waals surface area contributed by atoms with Crippen molar-refractivity contribution in [2.24, 2.45) is 0 Å². The molecule has 0 atom stereocenters. The van der Waals surface area contributed by atoms with Gasteiger partial charge in [0.25, 0.3) is 5.56 Å². The third-order valence-corrected chi connectivity index (χ3v) is 5.57. The lowest BCUT2D eigenvalue weighted by atomic mass is 9.87. The van der Waals surface area contributed by atoms with Gasteiger partial charge in [0, 0.05) is 10.9 Å². The Bertz CT molecular complexity index is 1100. The number of benzene rings is 2. The Hall–Kier alpha value is -3.02. The number of fused-ring (bicyclic) bond motifs is 1. The van der Waals surface area contributed by atoms with Crippen LogP contribution in [0.1, 0.15) is 36.9 Å². The lowest BCUT2D eigenvalue weighted by Crippen LogP contribution is -2.46. The number of nitrogens with zero attached hydrogens (tertiary/aromatic N) is 2. The molecule has 1 saturated carbocycles. The predicted molar refractivity (Wildman–Crippen MR) is 105 cm³/mol. The lowest BCUT2D eigenvalue weighted by molar-refractivity contribution is -0.124. The van der Waals surface area contributed by atoms with Crippen LogP contribution in [0.15, 0.2) is 53.3 Å². The molecule has 4 rings (SSSR count). The summed E-state index contributed by atoms with van der Waals surface area (Å²) in [5, 5.41) is 8.63. The molecule has 0 saturated heterocycles. The Kier molecular flexibility index (Phi) is 4.71. The molecule has 1 N–H and O–H groups in total. The number of carbonyl (C=O) groups excluding carboxylic acids is 1. The van der Waals surface area contributed by atoms with Gasteiger partial charge in [-0.25, -0.2) is 9.07 Å². The van der Waals surface area contributed by atoms with E-state index in [1.54, 1.807) is 30.3 Å². The minimum Gasteiger partial charge on any atom is -0.345 e. The average molecular weight is 379 g/mol. The second kappa shape index (κ2) is 7.19. The van der Waals surface area contributed by atoms with E-state index in [0.717, 1.165) is 18.2 Å². The van der Waals surface area contributed by atoms with Crippen LogP contribution in [0.4, 0.5) is 4.39 Å². The topological polar surface area (TPSA) is 64.0 Å². The van der Waals surface area contributed by atoms with Gasteiger partial charge in [-0.05, 0) is 31.9 Å². The number of hydrogen-bond acceptors (Lipinski definition) is 3. The van der Waals surface area contributed by atoms with Crippen LogP contribution < -0.4 is 10.9 Å². The van der Waals surface area contributed by atoms with Gasteiger partial charge in [0.05, 0.1) is 16.6 Å². The zero-order valence-corrected chi connectivity index (χ0v) is 15.7. The summed E-state index contributed by atoms with van der Waals surface area (Å²) >= 11 is 0. The van der Waals surface area contributed by atoms with Gasteiger partial charge in [0.2, 0.25) is 5.91 Å². The largest absolute Gasteiger partial charge is 0.345 e. The molecular weight excluding hydrogens is 357 g/mol. The maximum atomic E-state index is 14.4. The highest BCUT2D eigenvalue weighted by molar-refractivity contribution is 5.83. The Balaban J connectivity index is 1.64. The van der Waals surface area contributed by atoms with Gasteiger partial charge in [-0.2, -0.15) is 5.10 Å². The Morgan fingerprint density at radius 2 is 1.75 bits per heavy atom. The summed E-state index contributed by atoms with van der Waals surface area (Å²) < 4.78 is 15.6. The zero-order valence-electron chi connectivity index (χ0n) is 15.7. The van der Waals surface area contributed by atoms with E-state index in [1.165, 1.54) is 10.7 Å². The van der Waals surface area contributed by atoms with E-state index >= 15 is 0 Å². The number of hydrogen-bond donors (Lipinski definition) is 1. The van der Waals surface area contributed by atoms with E-state index < -0.39 is 5.54 Å². The first-order chi connectivity index (χ1) is 13.5. The fraction of sp³-hybridized carbons (Fsp3) is 0.318. The monoisotopic (exact) mass is 379 g/mol. The molecule has 0 unspecified atom stereocenters. The minimum absolute atomic E-state index is 0.194. The first-order valence-electron chi connectivity index (χ1n) is 9.53. The van der Waals surface area contributed by atoms with E-state index in [9.17, 15) is 14.0 Å². The number of aryl methyl sites for hydroxylation is 1. The molecular formula is C22H22FN3O2. The molecule has 6 heteroatoms. The number of rotatable bonds is 4. The van der Waals surface area contributed by atoms with Gasteiger partial charge in [0.15, 0.2) is 0 Å². The Morgan fingerprint density at radius 1 is 1.11 bits per heavy atom. The molecule has 144 valence electrons. The summed E-state index contributed by atoms with van der Waals surface area (Å²) in [4.78, 5) is 25.5. The van der Waals surface area contributed by atoms with Crippen molar-refractivity contribution in [2.45, 2.75) is 44.7 Å². The van der Waals surface area contributed by atoms with Crippen molar-refractivity contribution in [1.29, 1.82) is 0 Å². The van der Waals surface area contributed by atoms with Crippen LogP contribution in [-0.4, -0.2) is 15.7 Å². The first kappa shape index (κ1) is 18.3. The standard InChI is InChI=1S/C22H22FN3O2/c1-15-16-8-2-3-9-17(16)21(28)26(25-15)14-20(27)24-22(12-6-7-13-22)18-10-4-5-11-19(18)23/h2-5,8-11H,6-7,12-14H2,1H3,(H,24,27). The Morgan fingerprint density at radius 3 is 2.46 bits per heavy atom. The normalized spacial score (nSPS) is 15.6. The van der Waals surface area contributed by atoms with Crippen LogP contribution in [0.3, 0.4) is 0 Å². The summed E-state index contributed by atoms with van der Waals surface area (Å²) in [6.45, 7) is 1.62. The van der Waals surface area contributed by atoms with Crippen LogP contribution in [0.2, 0.25) is 0 Å². The average Bonchev–Trinajstić information content (AvgIpc) is 3.15. The van der Waals surface area contributed by atoms with Crippen molar-refractivity contribution in [3.8, 4) is 0 Å². The number of amides is 1. The van der Waals surface area contributed by atoms with E-state index in [0.29, 0.717) is 29.5 Å². The quantitative estimate of drug-likeness (QED) is 0.755. The van der Waals surface area contributed by atoms with Crippen LogP contribution >= 0.6 is 0 Å². The summed E-state index contributed by atoms with van der Waals surface area (Å²) in [6.07, 6.45) is 3.20. The van der Waals surface area contributed by atoms with Crippen molar-refractivity contribution in [2.75, 3.05) is 0 Å². The molecule has 5 nitrogen and oxygen atoms in total. The summed E-state index contributed by atoms with van der Waals surface area (Å²) in [6, 6.07) is 13.8. The van der Waals surface area contributed by atoms with Gasteiger partial charge in [0.1, 0.15) is 12.4 Å². The highest BCUT2D eigenvalue weighted by Gasteiger charge is 2.39. The van der Waals surface area contributed by atoms with E-state index in [1.807, 2.05) is 19.1 Å². The van der Waals surface area contributed by atoms with Gasteiger partial charge in [-0.3, -0.25) is 9.59 Å². The zero-order chi connectivity index (χ0) is 19.7. The van der Waals surface area contributed by atoms with Crippen LogP contribution in [-0.2, 0) is 16.9 Å². The summed E-state index contributed by atoms with van der Waals surface area (Å²) in [7, 11) is 0. The molecule has 0 spiro atoms. The molecule has 1 fully saturated rings. The van der Waals surface area contributed by atoms with E-state index in [2.05, 4.69) is 10.4 Å². The van der Waals surface area contributed by atoms with Crippen LogP contribution in [0.25, 0.3) is 10.8 Å². The highest BCUT2D eigenvalue weighted by atomic mass is 19.1. The van der Waals surface area contributed by atoms with Crippen molar-refractivity contribution >= 4 is 16.7 Å². The molecule has 1 heterocycles. The molecule has 1 aliphatic rings. The predicted octanol–water partition coefficient (Wildman–Crippen LogP) is 3.43. The van der Waals surface area contributed by atoms with Crippen LogP contribution in [0.5, 0.6) is 0 Å². The third kappa shape index (κ3) is 3.19. The van der Waals surface area contributed by atoms with Gasteiger partial charge < -0.3 is 5.32 Å². The van der Waals surface area contributed by atoms with Gasteiger partial charge in [-0.1, -0.05) is 49.2 Å². The van der Waals surface area contributed by atoms with Crippen molar-refractivity contribution in [3.05, 3.63) is 76.0 Å². The maximum Gasteiger partial charge on any atom is 0.275 e. The number of carbonyl (C=O) groups is 1. The number of aromatic nitrogens is 2. The molecule has 0 radical (unpaired) electrons. The fourth-order valence-corrected chi connectivity index (χ4v) is 4.24. The molecule has 1 aliphatic carbocycles. The Labute approximate surface area is 162 Å². The second-order valence-corrected chi connectivity index (χ2v) is 7.41. The molecule has 0 bridgehead atoms. The molecule has 2 aromatic carbocycles. The molecule has 1 aromatic heterocycles. The minimum atomic E-state index is -0.724. The first-order valence-corrected chi connectivity index (χ1v) is 9.53. The van der Waals surface area contributed by atoms with E-state index in [-0.39, 0.29) is 23.8 Å². The van der Waals surface area contributed by atoms with Crippen molar-refractivity contribution in [3.63, 3.8) is 0 Å². The molecule has 1 amide bonds. The third-order valence-electron chi connectivity index (χ3n) is 5.57. The summed E-state index contributed by atoms with van der Waals surface area (Å²) in [5.74, 6) is -0.657. The van der Waals surface area contributed by atoms with Gasteiger partial charge in [-0.15, -0.1) is 0 Å². The number of halogens is 1. The highest BCUT2D eigenvalue weighted by Crippen LogP contribution is 2.39. The van der Waals surface area contributed by atoms with Gasteiger partial charge >= 0.3 is 0 Å². The maximum absolute atomic E-state index is 14.4. The molecule has 28 heavy (non-hydrogen) atoms. The van der Waals surface area contributed by atoms with Crippen molar-refractivity contribution < 1.29 is 9.18 Å². The van der Waals surface area contributed by atoms with Crippen molar-refractivity contribution in [1.82, 2.24) is 15.1 Å². The molecule has 3 aromatic rings. The van der Waals surface area contributed by atoms with E-state index in [4.69, 9.17) is 0 Å². The fourth-order valence-electron chi connectivity index (χ4n) is 4.24. The second-order valence-electron chi connectivity index (χ2n) is 7.41. The lowest BCUT2D eigenvalue weighted by Gasteiger charge is -2.31. The smallest absolute Gasteiger partial charge is 0.275 e. The number of nitrogens with one attached hydrogen (secondary N) is 1. The molecule has 0 aliphatic heterocycles. The SMILES string of the molecule is Cc1nn(CC(=O)NC2(c3ccccc3F)CCCC2)c(=O)c2ccccc12.